The predicted molar refractivity (Wildman–Crippen MR) is 64.7 cm³/mol. The summed E-state index contributed by atoms with van der Waals surface area (Å²) >= 11 is 5.72. The smallest absolute Gasteiger partial charge is 0.294 e. The number of anilines is 1. The lowest BCUT2D eigenvalue weighted by Crippen LogP contribution is -2.30. The van der Waals surface area contributed by atoms with Crippen molar-refractivity contribution in [2.75, 3.05) is 4.72 Å². The van der Waals surface area contributed by atoms with Crippen molar-refractivity contribution in [1.82, 2.24) is 0 Å². The highest BCUT2D eigenvalue weighted by Gasteiger charge is 2.46. The normalized spacial score (nSPS) is 12.3. The van der Waals surface area contributed by atoms with Gasteiger partial charge in [-0.2, -0.15) is 21.6 Å². The van der Waals surface area contributed by atoms with Crippen LogP contribution in [0.5, 0.6) is 0 Å². The Balaban J connectivity index is 3.22. The summed E-state index contributed by atoms with van der Waals surface area (Å²) in [5, 5.41) is -0.359. The Morgan fingerprint density at radius 2 is 1.95 bits per heavy atom. The zero-order valence-electron chi connectivity index (χ0n) is 9.58. The largest absolute Gasteiger partial charge is 0.516 e. The number of hydrogen-bond donors (Lipinski definition) is 1. The van der Waals surface area contributed by atoms with E-state index in [0.29, 0.717) is 0 Å². The summed E-state index contributed by atoms with van der Waals surface area (Å²) in [5.41, 5.74) is -5.98. The maximum atomic E-state index is 12.2. The van der Waals surface area contributed by atoms with Gasteiger partial charge in [0.15, 0.2) is 5.78 Å². The molecular formula is C10H9ClF3NO3S. The molecule has 0 aliphatic heterocycles. The van der Waals surface area contributed by atoms with E-state index < -0.39 is 27.0 Å². The number of carbonyl (C=O) groups is 1. The average molecular weight is 316 g/mol. The van der Waals surface area contributed by atoms with Gasteiger partial charge in [-0.15, -0.1) is 0 Å². The van der Waals surface area contributed by atoms with Gasteiger partial charge in [-0.25, -0.2) is 0 Å². The Bertz CT molecular complexity index is 599. The van der Waals surface area contributed by atoms with Crippen LogP contribution in [0.1, 0.15) is 23.7 Å². The molecule has 0 spiro atoms. The average Bonchev–Trinajstić information content (AvgIpc) is 2.29. The van der Waals surface area contributed by atoms with Crippen LogP contribution in [0.25, 0.3) is 0 Å². The van der Waals surface area contributed by atoms with E-state index >= 15 is 0 Å². The first kappa shape index (κ1) is 15.8. The maximum absolute atomic E-state index is 12.2. The zero-order valence-corrected chi connectivity index (χ0v) is 11.2. The molecule has 1 aromatic rings. The molecular weight excluding hydrogens is 307 g/mol. The molecule has 106 valence electrons. The second-order valence-electron chi connectivity index (χ2n) is 3.50. The predicted octanol–water partition coefficient (Wildman–Crippen LogP) is 3.19. The topological polar surface area (TPSA) is 63.2 Å². The summed E-state index contributed by atoms with van der Waals surface area (Å²) in [4.78, 5) is 11.5. The second-order valence-corrected chi connectivity index (χ2v) is 5.55. The van der Waals surface area contributed by atoms with E-state index in [1.165, 1.54) is 16.9 Å². The van der Waals surface area contributed by atoms with Gasteiger partial charge in [-0.05, 0) is 12.1 Å². The fourth-order valence-corrected chi connectivity index (χ4v) is 2.13. The van der Waals surface area contributed by atoms with Gasteiger partial charge in [0.2, 0.25) is 0 Å². The highest BCUT2D eigenvalue weighted by Crippen LogP contribution is 2.31. The summed E-state index contributed by atoms with van der Waals surface area (Å²) in [5.74, 6) is -0.405. The second kappa shape index (κ2) is 5.38. The number of hydrogen-bond acceptors (Lipinski definition) is 3. The van der Waals surface area contributed by atoms with Crippen molar-refractivity contribution < 1.29 is 26.4 Å². The first-order valence-electron chi connectivity index (χ1n) is 5.01. The van der Waals surface area contributed by atoms with Crippen LogP contribution in [-0.2, 0) is 10.0 Å². The van der Waals surface area contributed by atoms with E-state index in [-0.39, 0.29) is 17.0 Å². The Kier molecular flexibility index (Phi) is 4.46. The van der Waals surface area contributed by atoms with Gasteiger partial charge in [0.25, 0.3) is 0 Å². The Labute approximate surface area is 112 Å². The summed E-state index contributed by atoms with van der Waals surface area (Å²) < 4.78 is 59.8. The molecule has 0 atom stereocenters. The molecule has 1 N–H and O–H groups in total. The van der Waals surface area contributed by atoms with Gasteiger partial charge in [-0.1, -0.05) is 24.6 Å². The molecule has 9 heteroatoms. The highest BCUT2D eigenvalue weighted by molar-refractivity contribution is 7.93. The minimum Gasteiger partial charge on any atom is -0.294 e. The van der Waals surface area contributed by atoms with Gasteiger partial charge in [0.1, 0.15) is 0 Å². The lowest BCUT2D eigenvalue weighted by atomic mass is 10.1. The molecule has 0 aliphatic rings. The van der Waals surface area contributed by atoms with Gasteiger partial charge in [0, 0.05) is 12.0 Å². The van der Waals surface area contributed by atoms with Crippen molar-refractivity contribution in [1.29, 1.82) is 0 Å². The van der Waals surface area contributed by atoms with E-state index in [9.17, 15) is 26.4 Å². The molecule has 0 fully saturated rings. The van der Waals surface area contributed by atoms with Crippen LogP contribution >= 0.6 is 11.6 Å². The molecule has 19 heavy (non-hydrogen) atoms. The third-order valence-corrected chi connectivity index (χ3v) is 3.67. The van der Waals surface area contributed by atoms with Crippen LogP contribution in [-0.4, -0.2) is 19.7 Å². The van der Waals surface area contributed by atoms with Crippen molar-refractivity contribution in [2.24, 2.45) is 0 Å². The van der Waals surface area contributed by atoms with Crippen molar-refractivity contribution in [3.8, 4) is 0 Å². The Morgan fingerprint density at radius 1 is 1.37 bits per heavy atom. The van der Waals surface area contributed by atoms with Crippen LogP contribution in [0.4, 0.5) is 18.9 Å². The van der Waals surface area contributed by atoms with E-state index in [1.807, 2.05) is 0 Å². The molecule has 0 aromatic heterocycles. The Morgan fingerprint density at radius 3 is 2.42 bits per heavy atom. The van der Waals surface area contributed by atoms with Crippen molar-refractivity contribution in [3.63, 3.8) is 0 Å². The number of nitrogens with one attached hydrogen (secondary N) is 1. The molecule has 1 aromatic carbocycles. The highest BCUT2D eigenvalue weighted by atomic mass is 35.5. The molecule has 4 nitrogen and oxygen atoms in total. The molecule has 0 amide bonds. The molecule has 0 heterocycles. The van der Waals surface area contributed by atoms with Crippen LogP contribution in [0, 0.1) is 0 Å². The van der Waals surface area contributed by atoms with Gasteiger partial charge < -0.3 is 0 Å². The molecule has 0 saturated heterocycles. The van der Waals surface area contributed by atoms with Gasteiger partial charge >= 0.3 is 15.5 Å². The molecule has 0 radical (unpaired) electrons. The molecule has 0 unspecified atom stereocenters. The third-order valence-electron chi connectivity index (χ3n) is 2.17. The molecule has 1 rings (SSSR count). The van der Waals surface area contributed by atoms with Crippen molar-refractivity contribution in [2.45, 2.75) is 18.9 Å². The molecule has 0 saturated carbocycles. The monoisotopic (exact) mass is 315 g/mol. The quantitative estimate of drug-likeness (QED) is 0.868. The maximum Gasteiger partial charge on any atom is 0.516 e. The van der Waals surface area contributed by atoms with E-state index in [2.05, 4.69) is 0 Å². The minimum absolute atomic E-state index is 0.0356. The first-order chi connectivity index (χ1) is 8.60. The number of ketones is 1. The number of halogens is 4. The van der Waals surface area contributed by atoms with E-state index in [4.69, 9.17) is 11.6 Å². The summed E-state index contributed by atoms with van der Waals surface area (Å²) in [6.45, 7) is 1.55. The third kappa shape index (κ3) is 3.38. The standard InChI is InChI=1S/C10H9ClF3NO3S/c1-2-8(16)6-4-3-5-7(9(6)11)15-19(17,18)10(12,13)14/h3-5,15H,2H2,1H3. The van der Waals surface area contributed by atoms with Crippen molar-refractivity contribution in [3.05, 3.63) is 28.8 Å². The van der Waals surface area contributed by atoms with Crippen LogP contribution in [0.3, 0.4) is 0 Å². The van der Waals surface area contributed by atoms with Crippen LogP contribution < -0.4 is 4.72 Å². The van der Waals surface area contributed by atoms with Crippen molar-refractivity contribution >= 4 is 33.1 Å². The minimum atomic E-state index is -5.57. The van der Waals surface area contributed by atoms with Crippen LogP contribution in [0.2, 0.25) is 5.02 Å². The molecule has 0 aliphatic carbocycles. The number of carbonyl (C=O) groups excluding carboxylic acids is 1. The first-order valence-corrected chi connectivity index (χ1v) is 6.87. The fraction of sp³-hybridized carbons (Fsp3) is 0.300. The summed E-state index contributed by atoms with van der Waals surface area (Å²) in [6, 6.07) is 3.58. The van der Waals surface area contributed by atoms with Crippen LogP contribution in [0.15, 0.2) is 18.2 Å². The number of benzene rings is 1. The number of sulfonamides is 1. The SMILES string of the molecule is CCC(=O)c1cccc(NS(=O)(=O)C(F)(F)F)c1Cl. The van der Waals surface area contributed by atoms with Gasteiger partial charge in [0.05, 0.1) is 10.7 Å². The molecule has 0 bridgehead atoms. The number of rotatable bonds is 4. The zero-order chi connectivity index (χ0) is 14.8. The number of Topliss-reactive ketones (excluding diaryl/α,β-unsaturated/α-hetero) is 1. The summed E-state index contributed by atoms with van der Waals surface area (Å²) in [7, 11) is -5.57. The lowest BCUT2D eigenvalue weighted by molar-refractivity contribution is -0.0429. The Hall–Kier alpha value is -1.28. The van der Waals surface area contributed by atoms with E-state index in [1.54, 1.807) is 6.92 Å². The van der Waals surface area contributed by atoms with Gasteiger partial charge in [-0.3, -0.25) is 9.52 Å². The fourth-order valence-electron chi connectivity index (χ4n) is 1.22. The summed E-state index contributed by atoms with van der Waals surface area (Å²) in [6.07, 6.45) is 0.0925. The van der Waals surface area contributed by atoms with E-state index in [0.717, 1.165) is 6.07 Å². The lowest BCUT2D eigenvalue weighted by Gasteiger charge is -2.13. The number of alkyl halides is 3.